The number of likely N-dealkylation sites (tertiary alicyclic amines) is 1. The maximum atomic E-state index is 12.5. The summed E-state index contributed by atoms with van der Waals surface area (Å²) in [5.41, 5.74) is 0.491. The fourth-order valence-corrected chi connectivity index (χ4v) is 4.13. The summed E-state index contributed by atoms with van der Waals surface area (Å²) in [6, 6.07) is 7.23. The molecule has 28 heavy (non-hydrogen) atoms. The minimum absolute atomic E-state index is 0.00418. The topological polar surface area (TPSA) is 84.4 Å². The van der Waals surface area contributed by atoms with Crippen LogP contribution in [0, 0.1) is 0 Å². The van der Waals surface area contributed by atoms with E-state index in [1.54, 1.807) is 24.3 Å². The van der Waals surface area contributed by atoms with Crippen LogP contribution < -0.4 is 10.1 Å². The van der Waals surface area contributed by atoms with E-state index in [0.717, 1.165) is 30.7 Å². The van der Waals surface area contributed by atoms with E-state index in [1.807, 2.05) is 11.8 Å². The molecule has 2 atom stereocenters. The Labute approximate surface area is 169 Å². The average molecular weight is 403 g/mol. The number of nitrogens with one attached hydrogen (secondary N) is 1. The first-order valence-corrected chi connectivity index (χ1v) is 10.5. The number of carbonyl (C=O) groups is 2. The lowest BCUT2D eigenvalue weighted by molar-refractivity contribution is -0.139. The lowest BCUT2D eigenvalue weighted by Crippen LogP contribution is -2.49. The van der Waals surface area contributed by atoms with Crippen LogP contribution >= 0.6 is 11.3 Å². The zero-order chi connectivity index (χ0) is 20.1. The van der Waals surface area contributed by atoms with Crippen LogP contribution in [0.15, 0.2) is 24.3 Å². The summed E-state index contributed by atoms with van der Waals surface area (Å²) in [5, 5.41) is 12.0. The minimum Gasteiger partial charge on any atom is -0.484 e. The number of ether oxygens (including phenoxy) is 1. The van der Waals surface area contributed by atoms with Gasteiger partial charge in [0, 0.05) is 17.6 Å². The van der Waals surface area contributed by atoms with E-state index in [0.29, 0.717) is 16.4 Å². The van der Waals surface area contributed by atoms with Gasteiger partial charge in [0.15, 0.2) is 6.61 Å². The molecule has 0 unspecified atom stereocenters. The summed E-state index contributed by atoms with van der Waals surface area (Å²) in [6.45, 7) is 6.16. The number of amides is 2. The van der Waals surface area contributed by atoms with Gasteiger partial charge >= 0.3 is 0 Å². The minimum atomic E-state index is -0.252. The number of anilines is 1. The van der Waals surface area contributed by atoms with E-state index < -0.39 is 0 Å². The average Bonchev–Trinajstić information content (AvgIpc) is 3.14. The highest BCUT2D eigenvalue weighted by molar-refractivity contribution is 7.15. The van der Waals surface area contributed by atoms with Crippen LogP contribution in [-0.4, -0.2) is 45.6 Å². The summed E-state index contributed by atoms with van der Waals surface area (Å²) in [4.78, 5) is 26.7. The second kappa shape index (κ2) is 9.14. The number of hydrogen-bond donors (Lipinski definition) is 1. The molecule has 1 aromatic carbocycles. The van der Waals surface area contributed by atoms with Gasteiger partial charge in [-0.05, 0) is 63.8 Å². The third-order valence-electron chi connectivity index (χ3n) is 4.95. The number of hydrogen-bond acceptors (Lipinski definition) is 6. The highest BCUT2D eigenvalue weighted by atomic mass is 32.1. The monoisotopic (exact) mass is 402 g/mol. The fourth-order valence-electron chi connectivity index (χ4n) is 3.45. The van der Waals surface area contributed by atoms with Crippen LogP contribution in [0.5, 0.6) is 5.75 Å². The molecule has 2 amide bonds. The lowest BCUT2D eigenvalue weighted by Gasteiger charge is -2.38. The molecule has 1 aliphatic rings. The van der Waals surface area contributed by atoms with Crippen molar-refractivity contribution in [2.75, 3.05) is 11.9 Å². The second-order valence-electron chi connectivity index (χ2n) is 7.05. The van der Waals surface area contributed by atoms with Crippen molar-refractivity contribution in [1.82, 2.24) is 15.1 Å². The van der Waals surface area contributed by atoms with Crippen molar-refractivity contribution in [3.05, 3.63) is 34.8 Å². The molecule has 1 fully saturated rings. The Balaban J connectivity index is 1.53. The van der Waals surface area contributed by atoms with Crippen LogP contribution in [0.1, 0.15) is 55.4 Å². The standard InChI is InChI=1S/C20H26N4O3S/c1-4-17-22-23-20(28-17)21-19(26)15-8-10-16(11-9-15)27-12-18(25)24-13(2)6-5-7-14(24)3/h8-11,13-14H,4-7,12H2,1-3H3,(H,21,23,26)/t13-,14+. The number of carbonyl (C=O) groups excluding carboxylic acids is 2. The molecule has 0 radical (unpaired) electrons. The third kappa shape index (κ3) is 4.86. The molecule has 2 heterocycles. The molecular formula is C20H26N4O3S. The summed E-state index contributed by atoms with van der Waals surface area (Å²) in [7, 11) is 0. The van der Waals surface area contributed by atoms with Crippen molar-refractivity contribution in [2.24, 2.45) is 0 Å². The van der Waals surface area contributed by atoms with Crippen LogP contribution in [0.4, 0.5) is 5.13 Å². The number of aryl methyl sites for hydroxylation is 1. The van der Waals surface area contributed by atoms with E-state index in [1.165, 1.54) is 11.3 Å². The summed E-state index contributed by atoms with van der Waals surface area (Å²) < 4.78 is 5.65. The van der Waals surface area contributed by atoms with Gasteiger partial charge in [-0.15, -0.1) is 10.2 Å². The van der Waals surface area contributed by atoms with Gasteiger partial charge in [0.05, 0.1) is 0 Å². The Morgan fingerprint density at radius 1 is 1.18 bits per heavy atom. The number of benzene rings is 1. The first-order valence-electron chi connectivity index (χ1n) is 9.65. The first-order chi connectivity index (χ1) is 13.5. The molecule has 1 aromatic heterocycles. The van der Waals surface area contributed by atoms with Crippen LogP contribution in [0.2, 0.25) is 0 Å². The molecule has 1 N–H and O–H groups in total. The van der Waals surface area contributed by atoms with Gasteiger partial charge in [0.2, 0.25) is 5.13 Å². The molecule has 150 valence electrons. The van der Waals surface area contributed by atoms with Crippen molar-refractivity contribution in [2.45, 2.75) is 58.5 Å². The first kappa shape index (κ1) is 20.3. The zero-order valence-electron chi connectivity index (χ0n) is 16.5. The van der Waals surface area contributed by atoms with E-state index in [-0.39, 0.29) is 30.5 Å². The van der Waals surface area contributed by atoms with Crippen LogP contribution in [-0.2, 0) is 11.2 Å². The lowest BCUT2D eigenvalue weighted by atomic mass is 9.97. The van der Waals surface area contributed by atoms with Crippen molar-refractivity contribution in [3.8, 4) is 5.75 Å². The van der Waals surface area contributed by atoms with E-state index in [9.17, 15) is 9.59 Å². The Hall–Kier alpha value is -2.48. The summed E-state index contributed by atoms with van der Waals surface area (Å²) >= 11 is 1.36. The fraction of sp³-hybridized carbons (Fsp3) is 0.500. The Morgan fingerprint density at radius 2 is 1.86 bits per heavy atom. The molecule has 8 heteroatoms. The zero-order valence-corrected chi connectivity index (χ0v) is 17.3. The van der Waals surface area contributed by atoms with Crippen LogP contribution in [0.25, 0.3) is 0 Å². The molecule has 7 nitrogen and oxygen atoms in total. The van der Waals surface area contributed by atoms with Crippen molar-refractivity contribution < 1.29 is 14.3 Å². The third-order valence-corrected chi connectivity index (χ3v) is 5.93. The van der Waals surface area contributed by atoms with Gasteiger partial charge in [-0.3, -0.25) is 14.9 Å². The predicted molar refractivity (Wildman–Crippen MR) is 109 cm³/mol. The number of piperidine rings is 1. The molecule has 0 bridgehead atoms. The van der Waals surface area contributed by atoms with Gasteiger partial charge in [-0.25, -0.2) is 0 Å². The molecule has 0 spiro atoms. The quantitative estimate of drug-likeness (QED) is 0.799. The molecule has 2 aromatic rings. The van der Waals surface area contributed by atoms with Crippen molar-refractivity contribution in [1.29, 1.82) is 0 Å². The van der Waals surface area contributed by atoms with Gasteiger partial charge in [0.1, 0.15) is 10.8 Å². The predicted octanol–water partition coefficient (Wildman–Crippen LogP) is 3.52. The highest BCUT2D eigenvalue weighted by Gasteiger charge is 2.28. The Bertz CT molecular complexity index is 811. The summed E-state index contributed by atoms with van der Waals surface area (Å²) in [6.07, 6.45) is 4.02. The smallest absolute Gasteiger partial charge is 0.260 e. The highest BCUT2D eigenvalue weighted by Crippen LogP contribution is 2.23. The summed E-state index contributed by atoms with van der Waals surface area (Å²) in [5.74, 6) is 0.313. The van der Waals surface area contributed by atoms with Gasteiger partial charge in [-0.2, -0.15) is 0 Å². The molecule has 1 saturated heterocycles. The van der Waals surface area contributed by atoms with Gasteiger partial charge in [0.25, 0.3) is 11.8 Å². The maximum absolute atomic E-state index is 12.5. The van der Waals surface area contributed by atoms with Crippen LogP contribution in [0.3, 0.4) is 0 Å². The van der Waals surface area contributed by atoms with E-state index in [4.69, 9.17) is 4.74 Å². The van der Waals surface area contributed by atoms with E-state index >= 15 is 0 Å². The molecular weight excluding hydrogens is 376 g/mol. The number of rotatable bonds is 6. The normalized spacial score (nSPS) is 19.3. The number of aromatic nitrogens is 2. The largest absolute Gasteiger partial charge is 0.484 e. The Kier molecular flexibility index (Phi) is 6.61. The molecule has 0 aliphatic carbocycles. The van der Waals surface area contributed by atoms with Crippen molar-refractivity contribution >= 4 is 28.3 Å². The Morgan fingerprint density at radius 3 is 2.46 bits per heavy atom. The molecule has 1 aliphatic heterocycles. The van der Waals surface area contributed by atoms with Gasteiger partial charge in [-0.1, -0.05) is 18.3 Å². The SMILES string of the molecule is CCc1nnc(NC(=O)c2ccc(OCC(=O)N3[C@H](C)CCC[C@@H]3C)cc2)s1. The van der Waals surface area contributed by atoms with Crippen molar-refractivity contribution in [3.63, 3.8) is 0 Å². The number of nitrogens with zero attached hydrogens (tertiary/aromatic N) is 3. The molecule has 3 rings (SSSR count). The van der Waals surface area contributed by atoms with E-state index in [2.05, 4.69) is 29.4 Å². The second-order valence-corrected chi connectivity index (χ2v) is 8.11. The molecule has 0 saturated carbocycles. The van der Waals surface area contributed by atoms with Gasteiger partial charge < -0.3 is 9.64 Å². The maximum Gasteiger partial charge on any atom is 0.260 e.